The molecule has 3 heteroatoms. The summed E-state index contributed by atoms with van der Waals surface area (Å²) in [7, 11) is 0. The molecular weight excluding hydrogens is 214 g/mol. The van der Waals surface area contributed by atoms with Crippen LogP contribution in [0.2, 0.25) is 0 Å². The van der Waals surface area contributed by atoms with E-state index in [1.54, 1.807) is 0 Å². The Bertz CT molecular complexity index is 454. The summed E-state index contributed by atoms with van der Waals surface area (Å²) in [5.74, 6) is 1.79. The van der Waals surface area contributed by atoms with Gasteiger partial charge in [0.1, 0.15) is 17.1 Å². The van der Waals surface area contributed by atoms with Crippen LogP contribution in [0.1, 0.15) is 27.5 Å². The molecule has 1 heterocycles. The van der Waals surface area contributed by atoms with Crippen LogP contribution in [-0.2, 0) is 0 Å². The second kappa shape index (κ2) is 6.97. The quantitative estimate of drug-likeness (QED) is 0.824. The highest BCUT2D eigenvalue weighted by Crippen LogP contribution is 2.23. The third kappa shape index (κ3) is 3.79. The van der Waals surface area contributed by atoms with Crippen LogP contribution in [0.4, 0.5) is 0 Å². The van der Waals surface area contributed by atoms with Gasteiger partial charge in [-0.05, 0) is 44.2 Å². The van der Waals surface area contributed by atoms with Crippen LogP contribution in [0.5, 0.6) is 5.75 Å². The van der Waals surface area contributed by atoms with Gasteiger partial charge in [-0.25, -0.2) is 0 Å². The minimum absolute atomic E-state index is 0. The van der Waals surface area contributed by atoms with Crippen molar-refractivity contribution in [3.8, 4) is 5.75 Å². The second-order valence-corrected chi connectivity index (χ2v) is 3.55. The highest BCUT2D eigenvalue weighted by Gasteiger charge is 2.01. The molecule has 0 saturated heterocycles. The normalized spacial score (nSPS) is 9.88. The van der Waals surface area contributed by atoms with Gasteiger partial charge in [0.05, 0.1) is 6.61 Å². The molecule has 2 N–H and O–H groups in total. The Hall–Kier alpha value is -1.48. The summed E-state index contributed by atoms with van der Waals surface area (Å²) in [5.41, 5.74) is 6.29. The SMILES string of the molecule is CC.Cc1cc2cc(OCCCN)ccc2o1.[HH]. The number of ether oxygens (including phenoxy) is 1. The molecule has 2 rings (SSSR count). The molecule has 0 bridgehead atoms. The summed E-state index contributed by atoms with van der Waals surface area (Å²) in [4.78, 5) is 0. The van der Waals surface area contributed by atoms with Crippen molar-refractivity contribution in [2.24, 2.45) is 5.73 Å². The predicted molar refractivity (Wildman–Crippen MR) is 73.6 cm³/mol. The maximum atomic E-state index is 5.54. The van der Waals surface area contributed by atoms with Crippen molar-refractivity contribution in [3.63, 3.8) is 0 Å². The molecule has 0 amide bonds. The molecule has 0 atom stereocenters. The lowest BCUT2D eigenvalue weighted by Crippen LogP contribution is -2.05. The van der Waals surface area contributed by atoms with Crippen LogP contribution in [0.25, 0.3) is 11.0 Å². The van der Waals surface area contributed by atoms with Gasteiger partial charge >= 0.3 is 0 Å². The van der Waals surface area contributed by atoms with Crippen molar-refractivity contribution in [1.29, 1.82) is 0 Å². The number of aryl methyl sites for hydroxylation is 1. The zero-order chi connectivity index (χ0) is 12.7. The fraction of sp³-hybridized carbons (Fsp3) is 0.429. The van der Waals surface area contributed by atoms with E-state index in [1.807, 2.05) is 45.0 Å². The Kier molecular flexibility index (Phi) is 5.57. The van der Waals surface area contributed by atoms with Gasteiger partial charge in [0.15, 0.2) is 0 Å². The lowest BCUT2D eigenvalue weighted by molar-refractivity contribution is 0.314. The number of hydrogen-bond donors (Lipinski definition) is 1. The van der Waals surface area contributed by atoms with Gasteiger partial charge in [-0.2, -0.15) is 0 Å². The Morgan fingerprint density at radius 2 is 2.06 bits per heavy atom. The Morgan fingerprint density at radius 3 is 2.76 bits per heavy atom. The topological polar surface area (TPSA) is 48.4 Å². The van der Waals surface area contributed by atoms with Gasteiger partial charge in [0.2, 0.25) is 0 Å². The first kappa shape index (κ1) is 13.6. The van der Waals surface area contributed by atoms with Crippen molar-refractivity contribution in [2.45, 2.75) is 27.2 Å². The van der Waals surface area contributed by atoms with Crippen LogP contribution >= 0.6 is 0 Å². The maximum Gasteiger partial charge on any atom is 0.134 e. The zero-order valence-electron chi connectivity index (χ0n) is 10.8. The van der Waals surface area contributed by atoms with Gasteiger partial charge in [-0.1, -0.05) is 13.8 Å². The third-order valence-electron chi connectivity index (χ3n) is 2.23. The molecule has 0 unspecified atom stereocenters. The van der Waals surface area contributed by atoms with Crippen LogP contribution in [0.15, 0.2) is 28.7 Å². The molecule has 17 heavy (non-hydrogen) atoms. The van der Waals surface area contributed by atoms with Crippen LogP contribution < -0.4 is 10.5 Å². The fourth-order valence-corrected chi connectivity index (χ4v) is 1.52. The first-order chi connectivity index (χ1) is 8.29. The number of furan rings is 1. The van der Waals surface area contributed by atoms with E-state index in [2.05, 4.69) is 0 Å². The number of fused-ring (bicyclic) bond motifs is 1. The second-order valence-electron chi connectivity index (χ2n) is 3.55. The summed E-state index contributed by atoms with van der Waals surface area (Å²) in [6.07, 6.45) is 0.877. The maximum absolute atomic E-state index is 5.54. The van der Waals surface area contributed by atoms with E-state index in [9.17, 15) is 0 Å². The van der Waals surface area contributed by atoms with Crippen molar-refractivity contribution < 1.29 is 10.6 Å². The zero-order valence-corrected chi connectivity index (χ0v) is 10.8. The van der Waals surface area contributed by atoms with E-state index in [-0.39, 0.29) is 1.43 Å². The van der Waals surface area contributed by atoms with E-state index in [1.165, 1.54) is 0 Å². The largest absolute Gasteiger partial charge is 0.494 e. The smallest absolute Gasteiger partial charge is 0.134 e. The molecule has 96 valence electrons. The van der Waals surface area contributed by atoms with E-state index in [4.69, 9.17) is 14.9 Å². The molecule has 0 saturated carbocycles. The lowest BCUT2D eigenvalue weighted by Gasteiger charge is -2.04. The van der Waals surface area contributed by atoms with E-state index in [0.29, 0.717) is 13.2 Å². The number of hydrogen-bond acceptors (Lipinski definition) is 3. The minimum atomic E-state index is 0. The first-order valence-corrected chi connectivity index (χ1v) is 6.12. The monoisotopic (exact) mass is 237 g/mol. The molecule has 3 nitrogen and oxygen atoms in total. The average Bonchev–Trinajstić information content (AvgIpc) is 2.71. The summed E-state index contributed by atoms with van der Waals surface area (Å²) in [5, 5.41) is 1.08. The van der Waals surface area contributed by atoms with E-state index >= 15 is 0 Å². The molecule has 2 aromatic rings. The molecule has 1 aromatic heterocycles. The predicted octanol–water partition coefficient (Wildman–Crippen LogP) is 3.74. The number of rotatable bonds is 4. The number of benzene rings is 1. The van der Waals surface area contributed by atoms with Gasteiger partial charge in [0, 0.05) is 6.81 Å². The Morgan fingerprint density at radius 1 is 1.29 bits per heavy atom. The molecule has 0 radical (unpaired) electrons. The van der Waals surface area contributed by atoms with Crippen molar-refractivity contribution >= 4 is 11.0 Å². The minimum Gasteiger partial charge on any atom is -0.494 e. The standard InChI is InChI=1S/C12H15NO2.C2H6.H2/c1-9-7-10-8-11(14-6-2-5-13)3-4-12(10)15-9;1-2;/h3-4,7-8H,2,5-6,13H2,1H3;1-2H3;1H. The Labute approximate surface area is 104 Å². The van der Waals surface area contributed by atoms with Crippen molar-refractivity contribution in [2.75, 3.05) is 13.2 Å². The average molecular weight is 237 g/mol. The Balaban J connectivity index is 0.000000917. The lowest BCUT2D eigenvalue weighted by atomic mass is 10.2. The van der Waals surface area contributed by atoms with Gasteiger partial charge in [-0.3, -0.25) is 0 Å². The van der Waals surface area contributed by atoms with Gasteiger partial charge < -0.3 is 14.9 Å². The van der Waals surface area contributed by atoms with Crippen LogP contribution in [-0.4, -0.2) is 13.2 Å². The molecular formula is C14H23NO2. The molecule has 0 spiro atoms. The molecule has 0 aliphatic heterocycles. The summed E-state index contributed by atoms with van der Waals surface area (Å²) in [6.45, 7) is 7.26. The van der Waals surface area contributed by atoms with Gasteiger partial charge in [-0.15, -0.1) is 0 Å². The summed E-state index contributed by atoms with van der Waals surface area (Å²) < 4.78 is 11.0. The summed E-state index contributed by atoms with van der Waals surface area (Å²) in [6, 6.07) is 7.84. The van der Waals surface area contributed by atoms with Crippen molar-refractivity contribution in [1.82, 2.24) is 0 Å². The van der Waals surface area contributed by atoms with Crippen LogP contribution in [0, 0.1) is 6.92 Å². The highest BCUT2D eigenvalue weighted by atomic mass is 16.5. The van der Waals surface area contributed by atoms with E-state index < -0.39 is 0 Å². The third-order valence-corrected chi connectivity index (χ3v) is 2.23. The fourth-order valence-electron chi connectivity index (χ4n) is 1.52. The first-order valence-electron chi connectivity index (χ1n) is 6.12. The molecule has 0 fully saturated rings. The molecule has 0 aliphatic rings. The number of nitrogens with two attached hydrogens (primary N) is 1. The summed E-state index contributed by atoms with van der Waals surface area (Å²) >= 11 is 0. The van der Waals surface area contributed by atoms with Gasteiger partial charge in [0.25, 0.3) is 0 Å². The van der Waals surface area contributed by atoms with Crippen LogP contribution in [0.3, 0.4) is 0 Å². The highest BCUT2D eigenvalue weighted by molar-refractivity contribution is 5.79. The molecule has 1 aromatic carbocycles. The van der Waals surface area contributed by atoms with E-state index in [0.717, 1.165) is 28.9 Å². The van der Waals surface area contributed by atoms with Crippen molar-refractivity contribution in [3.05, 3.63) is 30.0 Å². The molecule has 0 aliphatic carbocycles.